The van der Waals surface area contributed by atoms with Gasteiger partial charge in [0.05, 0.1) is 5.75 Å². The van der Waals surface area contributed by atoms with E-state index in [2.05, 4.69) is 5.32 Å². The van der Waals surface area contributed by atoms with Gasteiger partial charge < -0.3 is 5.32 Å². The molecule has 0 saturated carbocycles. The van der Waals surface area contributed by atoms with Gasteiger partial charge in [0.25, 0.3) is 0 Å². The smallest absolute Gasteiger partial charge is 0.238 e. The Balaban J connectivity index is 1.80. The molecule has 1 heterocycles. The van der Waals surface area contributed by atoms with Crippen LogP contribution in [0.5, 0.6) is 0 Å². The molecule has 3 rings (SSSR count). The van der Waals surface area contributed by atoms with Crippen LogP contribution < -0.4 is 10.2 Å². The van der Waals surface area contributed by atoms with Gasteiger partial charge in [-0.25, -0.2) is 0 Å². The Morgan fingerprint density at radius 2 is 1.79 bits per heavy atom. The summed E-state index contributed by atoms with van der Waals surface area (Å²) in [4.78, 5) is 25.9. The number of anilines is 2. The van der Waals surface area contributed by atoms with Crippen molar-refractivity contribution in [2.75, 3.05) is 16.0 Å². The van der Waals surface area contributed by atoms with Crippen molar-refractivity contribution in [2.24, 2.45) is 5.92 Å². The van der Waals surface area contributed by atoms with E-state index >= 15 is 0 Å². The van der Waals surface area contributed by atoms with Gasteiger partial charge in [-0.05, 0) is 29.8 Å². The third-order valence-electron chi connectivity index (χ3n) is 3.89. The van der Waals surface area contributed by atoms with E-state index in [1.54, 1.807) is 11.8 Å². The molecule has 1 atom stereocenters. The largest absolute Gasteiger partial charge is 0.326 e. The summed E-state index contributed by atoms with van der Waals surface area (Å²) in [5, 5.41) is 2.85. The van der Waals surface area contributed by atoms with E-state index in [9.17, 15) is 9.59 Å². The van der Waals surface area contributed by atoms with Crippen LogP contribution in [0.15, 0.2) is 54.6 Å². The average Bonchev–Trinajstić information content (AvgIpc) is 2.98. The van der Waals surface area contributed by atoms with Gasteiger partial charge >= 0.3 is 0 Å². The van der Waals surface area contributed by atoms with Crippen molar-refractivity contribution in [1.29, 1.82) is 0 Å². The average molecular weight is 340 g/mol. The van der Waals surface area contributed by atoms with Gasteiger partial charge in [0.2, 0.25) is 11.8 Å². The molecule has 24 heavy (non-hydrogen) atoms. The maximum atomic E-state index is 12.3. The molecule has 0 aromatic heterocycles. The Labute approximate surface area is 146 Å². The van der Waals surface area contributed by atoms with Crippen LogP contribution in [0.2, 0.25) is 0 Å². The molecule has 2 aromatic carbocycles. The lowest BCUT2D eigenvalue weighted by atomic mass is 10.1. The molecule has 5 heteroatoms. The molecule has 2 amide bonds. The Morgan fingerprint density at radius 3 is 2.42 bits per heavy atom. The van der Waals surface area contributed by atoms with Crippen LogP contribution in [0, 0.1) is 5.92 Å². The molecule has 1 saturated heterocycles. The highest BCUT2D eigenvalue weighted by atomic mass is 32.2. The van der Waals surface area contributed by atoms with Crippen LogP contribution in [0.25, 0.3) is 0 Å². The molecule has 124 valence electrons. The quantitative estimate of drug-likeness (QED) is 0.913. The van der Waals surface area contributed by atoms with Gasteiger partial charge in [0, 0.05) is 17.3 Å². The summed E-state index contributed by atoms with van der Waals surface area (Å²) >= 11 is 1.62. The van der Waals surface area contributed by atoms with Crippen molar-refractivity contribution in [3.63, 3.8) is 0 Å². The second-order valence-corrected chi connectivity index (χ2v) is 7.10. The lowest BCUT2D eigenvalue weighted by molar-refractivity contribution is -0.119. The maximum absolute atomic E-state index is 12.3. The van der Waals surface area contributed by atoms with E-state index in [-0.39, 0.29) is 23.1 Å². The molecule has 1 fully saturated rings. The second kappa shape index (κ2) is 7.09. The number of thioether (sulfide) groups is 1. The molecule has 0 radical (unpaired) electrons. The number of hydrogen-bond donors (Lipinski definition) is 1. The first-order chi connectivity index (χ1) is 11.6. The number of rotatable bonds is 4. The number of amides is 2. The van der Waals surface area contributed by atoms with E-state index in [0.29, 0.717) is 5.75 Å². The molecule has 2 aromatic rings. The number of nitrogens with zero attached hydrogens (tertiary/aromatic N) is 1. The monoisotopic (exact) mass is 340 g/mol. The second-order valence-electron chi connectivity index (χ2n) is 6.03. The van der Waals surface area contributed by atoms with E-state index in [0.717, 1.165) is 16.9 Å². The zero-order chi connectivity index (χ0) is 17.1. The summed E-state index contributed by atoms with van der Waals surface area (Å²) in [6.45, 7) is 3.73. The van der Waals surface area contributed by atoms with Crippen molar-refractivity contribution in [3.8, 4) is 0 Å². The predicted octanol–water partition coefficient (Wildman–Crippen LogP) is 4.06. The van der Waals surface area contributed by atoms with Crippen LogP contribution in [0.1, 0.15) is 24.8 Å². The number of carbonyl (C=O) groups excluding carboxylic acids is 2. The Bertz CT molecular complexity index is 729. The molecule has 1 N–H and O–H groups in total. The van der Waals surface area contributed by atoms with Crippen LogP contribution in [-0.4, -0.2) is 17.6 Å². The van der Waals surface area contributed by atoms with E-state index in [1.165, 1.54) is 0 Å². The minimum absolute atomic E-state index is 0.000851. The maximum Gasteiger partial charge on any atom is 0.238 e. The molecular weight excluding hydrogens is 320 g/mol. The molecule has 0 bridgehead atoms. The van der Waals surface area contributed by atoms with Crippen molar-refractivity contribution in [2.45, 2.75) is 19.2 Å². The minimum atomic E-state index is -0.0544. The molecule has 1 aliphatic rings. The standard InChI is InChI=1S/C19H20N2O2S/c1-13(2)18(23)20-15-10-8-14(9-11-15)19-21(17(22)12-24-19)16-6-4-3-5-7-16/h3-11,13,19H,12H2,1-2H3,(H,20,23). The molecular formula is C19H20N2O2S. The number of hydrogen-bond acceptors (Lipinski definition) is 3. The predicted molar refractivity (Wildman–Crippen MR) is 99.0 cm³/mol. The van der Waals surface area contributed by atoms with E-state index in [1.807, 2.05) is 73.3 Å². The summed E-state index contributed by atoms with van der Waals surface area (Å²) in [7, 11) is 0. The van der Waals surface area contributed by atoms with Gasteiger partial charge in [0.15, 0.2) is 0 Å². The van der Waals surface area contributed by atoms with Crippen LogP contribution >= 0.6 is 11.8 Å². The van der Waals surface area contributed by atoms with Crippen molar-refractivity contribution >= 4 is 35.0 Å². The normalized spacial score (nSPS) is 17.4. The summed E-state index contributed by atoms with van der Waals surface area (Å²) in [6.07, 6.45) is 0. The van der Waals surface area contributed by atoms with E-state index in [4.69, 9.17) is 0 Å². The highest BCUT2D eigenvalue weighted by molar-refractivity contribution is 8.00. The third kappa shape index (κ3) is 3.46. The molecule has 0 aliphatic carbocycles. The Kier molecular flexibility index (Phi) is 4.90. The first-order valence-electron chi connectivity index (χ1n) is 7.96. The minimum Gasteiger partial charge on any atom is -0.326 e. The Morgan fingerprint density at radius 1 is 1.12 bits per heavy atom. The number of carbonyl (C=O) groups is 2. The van der Waals surface area contributed by atoms with Crippen LogP contribution in [0.3, 0.4) is 0 Å². The van der Waals surface area contributed by atoms with Crippen molar-refractivity contribution < 1.29 is 9.59 Å². The lowest BCUT2D eigenvalue weighted by Crippen LogP contribution is -2.27. The number of para-hydroxylation sites is 1. The molecule has 1 unspecified atom stereocenters. The van der Waals surface area contributed by atoms with Gasteiger partial charge in [-0.2, -0.15) is 0 Å². The SMILES string of the molecule is CC(C)C(=O)Nc1ccc(C2SCC(=O)N2c2ccccc2)cc1. The number of benzene rings is 2. The summed E-state index contributed by atoms with van der Waals surface area (Å²) in [6, 6.07) is 17.5. The fourth-order valence-electron chi connectivity index (χ4n) is 2.56. The van der Waals surface area contributed by atoms with Gasteiger partial charge in [-0.1, -0.05) is 44.2 Å². The fraction of sp³-hybridized carbons (Fsp3) is 0.263. The topological polar surface area (TPSA) is 49.4 Å². The zero-order valence-corrected chi connectivity index (χ0v) is 14.5. The van der Waals surface area contributed by atoms with Gasteiger partial charge in [0.1, 0.15) is 5.37 Å². The zero-order valence-electron chi connectivity index (χ0n) is 13.7. The molecule has 0 spiro atoms. The lowest BCUT2D eigenvalue weighted by Gasteiger charge is -2.24. The number of nitrogens with one attached hydrogen (secondary N) is 1. The summed E-state index contributed by atoms with van der Waals surface area (Å²) in [5.41, 5.74) is 2.74. The highest BCUT2D eigenvalue weighted by Gasteiger charge is 2.33. The van der Waals surface area contributed by atoms with Gasteiger partial charge in [-0.15, -0.1) is 11.8 Å². The first-order valence-corrected chi connectivity index (χ1v) is 9.00. The highest BCUT2D eigenvalue weighted by Crippen LogP contribution is 2.41. The fourth-order valence-corrected chi connectivity index (χ4v) is 3.73. The third-order valence-corrected chi connectivity index (χ3v) is 5.10. The van der Waals surface area contributed by atoms with Crippen molar-refractivity contribution in [1.82, 2.24) is 0 Å². The molecule has 4 nitrogen and oxygen atoms in total. The first kappa shape index (κ1) is 16.6. The van der Waals surface area contributed by atoms with Crippen LogP contribution in [-0.2, 0) is 9.59 Å². The van der Waals surface area contributed by atoms with Crippen LogP contribution in [0.4, 0.5) is 11.4 Å². The summed E-state index contributed by atoms with van der Waals surface area (Å²) < 4.78 is 0. The Hall–Kier alpha value is -2.27. The molecule has 1 aliphatic heterocycles. The van der Waals surface area contributed by atoms with E-state index < -0.39 is 0 Å². The van der Waals surface area contributed by atoms with Crippen molar-refractivity contribution in [3.05, 3.63) is 60.2 Å². The summed E-state index contributed by atoms with van der Waals surface area (Å²) in [5.74, 6) is 0.541. The van der Waals surface area contributed by atoms with Gasteiger partial charge in [-0.3, -0.25) is 14.5 Å².